The third kappa shape index (κ3) is 8.39. The minimum atomic E-state index is -1.15. The van der Waals surface area contributed by atoms with Crippen LogP contribution in [0, 0.1) is 0 Å². The number of rotatable bonds is 10. The Labute approximate surface area is 114 Å². The second kappa shape index (κ2) is 10.6. The number of carboxylic acids is 1. The first kappa shape index (κ1) is 17.7. The highest BCUT2D eigenvalue weighted by Gasteiger charge is 2.18. The smallest absolute Gasteiger partial charge is 0.326 e. The van der Waals surface area contributed by atoms with Crippen LogP contribution < -0.4 is 10.6 Å². The number of aliphatic hydroxyl groups is 1. The molecule has 0 unspecified atom stereocenters. The number of urea groups is 1. The molecule has 19 heavy (non-hydrogen) atoms. The fraction of sp³-hybridized carbons (Fsp3) is 0.833. The van der Waals surface area contributed by atoms with Gasteiger partial charge in [-0.25, -0.2) is 9.59 Å². The van der Waals surface area contributed by atoms with E-state index in [0.717, 1.165) is 26.1 Å². The first-order valence-electron chi connectivity index (χ1n) is 6.65. The lowest BCUT2D eigenvalue weighted by Gasteiger charge is -2.18. The highest BCUT2D eigenvalue weighted by molar-refractivity contribution is 5.82. The molecule has 4 N–H and O–H groups in total. The molecule has 7 heteroatoms. The number of carboxylic acid groups (broad SMARTS) is 1. The summed E-state index contributed by atoms with van der Waals surface area (Å²) in [6.07, 6.45) is 0.815. The average molecular weight is 275 g/mol. The number of hydrogen-bond acceptors (Lipinski definition) is 4. The number of nitrogens with one attached hydrogen (secondary N) is 2. The van der Waals surface area contributed by atoms with E-state index in [9.17, 15) is 9.59 Å². The Bertz CT molecular complexity index is 270. The van der Waals surface area contributed by atoms with Crippen LogP contribution in [0.15, 0.2) is 0 Å². The molecule has 1 atom stereocenters. The van der Waals surface area contributed by atoms with E-state index in [0.29, 0.717) is 6.54 Å². The molecule has 0 aliphatic carbocycles. The molecule has 0 aliphatic heterocycles. The monoisotopic (exact) mass is 275 g/mol. The Balaban J connectivity index is 3.82. The molecule has 0 fully saturated rings. The van der Waals surface area contributed by atoms with Crippen molar-refractivity contribution in [2.45, 2.75) is 32.7 Å². The van der Waals surface area contributed by atoms with Crippen LogP contribution in [0.3, 0.4) is 0 Å². The van der Waals surface area contributed by atoms with E-state index in [-0.39, 0.29) is 13.0 Å². The van der Waals surface area contributed by atoms with Gasteiger partial charge in [0.15, 0.2) is 0 Å². The van der Waals surface area contributed by atoms with Crippen molar-refractivity contribution in [1.29, 1.82) is 0 Å². The summed E-state index contributed by atoms with van der Waals surface area (Å²) in [5, 5.41) is 22.4. The summed E-state index contributed by atoms with van der Waals surface area (Å²) in [5.74, 6) is -1.15. The van der Waals surface area contributed by atoms with Gasteiger partial charge in [-0.3, -0.25) is 0 Å². The lowest BCUT2D eigenvalue weighted by Crippen LogP contribution is -2.46. The molecule has 0 heterocycles. The maximum Gasteiger partial charge on any atom is 0.326 e. The van der Waals surface area contributed by atoms with Crippen LogP contribution in [-0.4, -0.2) is 65.9 Å². The number of nitrogens with zero attached hydrogens (tertiary/aromatic N) is 1. The lowest BCUT2D eigenvalue weighted by atomic mass is 10.2. The molecular weight excluding hydrogens is 250 g/mol. The molecule has 0 saturated heterocycles. The number of aliphatic hydroxyl groups excluding tert-OH is 1. The first-order chi connectivity index (χ1) is 9.04. The highest BCUT2D eigenvalue weighted by Crippen LogP contribution is 1.92. The van der Waals surface area contributed by atoms with E-state index in [4.69, 9.17) is 10.2 Å². The molecule has 112 valence electrons. The fourth-order valence-electron chi connectivity index (χ4n) is 1.64. The van der Waals surface area contributed by atoms with E-state index < -0.39 is 18.0 Å². The van der Waals surface area contributed by atoms with Crippen LogP contribution in [0.4, 0.5) is 4.79 Å². The zero-order valence-corrected chi connectivity index (χ0v) is 11.7. The summed E-state index contributed by atoms with van der Waals surface area (Å²) >= 11 is 0. The van der Waals surface area contributed by atoms with Gasteiger partial charge >= 0.3 is 12.0 Å². The van der Waals surface area contributed by atoms with Gasteiger partial charge in [0, 0.05) is 19.6 Å². The fourth-order valence-corrected chi connectivity index (χ4v) is 1.64. The Morgan fingerprint density at radius 3 is 2.37 bits per heavy atom. The van der Waals surface area contributed by atoms with E-state index in [1.165, 1.54) is 0 Å². The van der Waals surface area contributed by atoms with Crippen molar-refractivity contribution in [3.05, 3.63) is 0 Å². The predicted octanol–water partition coefficient (Wildman–Crippen LogP) is -0.147. The minimum absolute atomic E-state index is 0.00218. The van der Waals surface area contributed by atoms with E-state index >= 15 is 0 Å². The third-order valence-corrected chi connectivity index (χ3v) is 2.85. The third-order valence-electron chi connectivity index (χ3n) is 2.85. The molecule has 0 bridgehead atoms. The van der Waals surface area contributed by atoms with E-state index in [2.05, 4.69) is 29.4 Å². The summed E-state index contributed by atoms with van der Waals surface area (Å²) in [4.78, 5) is 24.4. The first-order valence-corrected chi connectivity index (χ1v) is 6.65. The van der Waals surface area contributed by atoms with Gasteiger partial charge in [0.1, 0.15) is 6.04 Å². The Hall–Kier alpha value is -1.34. The number of aliphatic carboxylic acids is 1. The maximum atomic E-state index is 11.4. The maximum absolute atomic E-state index is 11.4. The van der Waals surface area contributed by atoms with Gasteiger partial charge < -0.3 is 25.7 Å². The zero-order valence-electron chi connectivity index (χ0n) is 11.7. The van der Waals surface area contributed by atoms with Crippen molar-refractivity contribution >= 4 is 12.0 Å². The quantitative estimate of drug-likeness (QED) is 0.415. The summed E-state index contributed by atoms with van der Waals surface area (Å²) in [6.45, 7) is 7.21. The molecule has 0 spiro atoms. The molecule has 0 aromatic carbocycles. The van der Waals surface area contributed by atoms with Gasteiger partial charge in [-0.1, -0.05) is 13.8 Å². The van der Waals surface area contributed by atoms with Crippen LogP contribution in [0.1, 0.15) is 26.7 Å². The van der Waals surface area contributed by atoms with Crippen molar-refractivity contribution in [1.82, 2.24) is 15.5 Å². The van der Waals surface area contributed by atoms with Gasteiger partial charge in [-0.2, -0.15) is 0 Å². The molecule has 0 aromatic rings. The normalized spacial score (nSPS) is 12.2. The van der Waals surface area contributed by atoms with Crippen molar-refractivity contribution in [2.24, 2.45) is 0 Å². The highest BCUT2D eigenvalue weighted by atomic mass is 16.4. The van der Waals surface area contributed by atoms with Crippen molar-refractivity contribution in [3.8, 4) is 0 Å². The largest absolute Gasteiger partial charge is 0.480 e. The van der Waals surface area contributed by atoms with Crippen LogP contribution in [-0.2, 0) is 4.79 Å². The number of amides is 2. The van der Waals surface area contributed by atoms with Gasteiger partial charge in [-0.15, -0.1) is 0 Å². The van der Waals surface area contributed by atoms with Gasteiger partial charge in [0.2, 0.25) is 0 Å². The van der Waals surface area contributed by atoms with Crippen molar-refractivity contribution in [3.63, 3.8) is 0 Å². The predicted molar refractivity (Wildman–Crippen MR) is 72.1 cm³/mol. The summed E-state index contributed by atoms with van der Waals surface area (Å²) < 4.78 is 0. The topological polar surface area (TPSA) is 102 Å². The molecule has 7 nitrogen and oxygen atoms in total. The van der Waals surface area contributed by atoms with E-state index in [1.54, 1.807) is 0 Å². The van der Waals surface area contributed by atoms with Crippen LogP contribution in [0.25, 0.3) is 0 Å². The zero-order chi connectivity index (χ0) is 14.7. The van der Waals surface area contributed by atoms with Crippen LogP contribution >= 0.6 is 0 Å². The molecule has 2 amide bonds. The molecule has 0 radical (unpaired) electrons. The number of carbonyl (C=O) groups is 2. The summed E-state index contributed by atoms with van der Waals surface area (Å²) in [6, 6.07) is -1.56. The standard InChI is InChI=1S/C12H25N3O4/c1-3-15(4-2)8-5-7-13-12(19)14-10(6-9-16)11(17)18/h10,16H,3-9H2,1-2H3,(H,17,18)(H2,13,14,19)/t10-/m1/s1. The Kier molecular flexibility index (Phi) is 9.82. The second-order valence-electron chi connectivity index (χ2n) is 4.18. The Morgan fingerprint density at radius 1 is 1.26 bits per heavy atom. The Morgan fingerprint density at radius 2 is 1.89 bits per heavy atom. The second-order valence-corrected chi connectivity index (χ2v) is 4.18. The summed E-state index contributed by atoms with van der Waals surface area (Å²) in [5.41, 5.74) is 0. The van der Waals surface area contributed by atoms with Gasteiger partial charge in [0.05, 0.1) is 0 Å². The van der Waals surface area contributed by atoms with Crippen LogP contribution in [0.5, 0.6) is 0 Å². The molecular formula is C12H25N3O4. The van der Waals surface area contributed by atoms with Gasteiger partial charge in [0.25, 0.3) is 0 Å². The number of hydrogen-bond donors (Lipinski definition) is 4. The van der Waals surface area contributed by atoms with Crippen molar-refractivity contribution in [2.75, 3.05) is 32.8 Å². The minimum Gasteiger partial charge on any atom is -0.480 e. The summed E-state index contributed by atoms with van der Waals surface area (Å²) in [7, 11) is 0. The average Bonchev–Trinajstić information content (AvgIpc) is 2.38. The number of carbonyl (C=O) groups excluding carboxylic acids is 1. The van der Waals surface area contributed by atoms with E-state index in [1.807, 2.05) is 0 Å². The lowest BCUT2D eigenvalue weighted by molar-refractivity contribution is -0.139. The molecule has 0 aliphatic rings. The molecule has 0 aromatic heterocycles. The van der Waals surface area contributed by atoms with Gasteiger partial charge in [-0.05, 0) is 26.1 Å². The molecule has 0 saturated carbocycles. The molecule has 0 rings (SSSR count). The van der Waals surface area contributed by atoms with Crippen molar-refractivity contribution < 1.29 is 19.8 Å². The SMILES string of the molecule is CCN(CC)CCCNC(=O)N[C@H](CCO)C(=O)O. The van der Waals surface area contributed by atoms with Crippen LogP contribution in [0.2, 0.25) is 0 Å².